The molecule has 1 saturated heterocycles. The van der Waals surface area contributed by atoms with Crippen molar-refractivity contribution in [1.82, 2.24) is 4.90 Å². The van der Waals surface area contributed by atoms with Crippen LogP contribution in [0.1, 0.15) is 50.3 Å². The van der Waals surface area contributed by atoms with Gasteiger partial charge in [0.1, 0.15) is 0 Å². The van der Waals surface area contributed by atoms with Crippen molar-refractivity contribution in [1.29, 1.82) is 0 Å². The van der Waals surface area contributed by atoms with E-state index in [9.17, 15) is 13.2 Å². The third-order valence-corrected chi connectivity index (χ3v) is 7.40. The average Bonchev–Trinajstić information content (AvgIpc) is 2.60. The number of rotatable bonds is 8. The van der Waals surface area contributed by atoms with E-state index >= 15 is 0 Å². The minimum absolute atomic E-state index is 0.00167. The Hall–Kier alpha value is -1.11. The van der Waals surface area contributed by atoms with Crippen LogP contribution in [0, 0.1) is 0 Å². The molecule has 0 radical (unpaired) electrons. The van der Waals surface area contributed by atoms with Gasteiger partial charge < -0.3 is 4.74 Å². The van der Waals surface area contributed by atoms with E-state index in [4.69, 9.17) is 4.74 Å². The molecule has 0 aromatic heterocycles. The molecule has 1 aromatic rings. The Kier molecular flexibility index (Phi) is 8.13. The third-order valence-electron chi connectivity index (χ3n) is 5.28. The van der Waals surface area contributed by atoms with Crippen molar-refractivity contribution in [2.45, 2.75) is 70.1 Å². The normalized spacial score (nSPS) is 23.8. The van der Waals surface area contributed by atoms with Gasteiger partial charge in [-0.3, -0.25) is 4.90 Å². The van der Waals surface area contributed by atoms with Crippen LogP contribution in [0.5, 0.6) is 0 Å². The number of ether oxygens (including phenoxy) is 1. The molecule has 0 spiro atoms. The molecule has 2 rings (SSSR count). The molecule has 1 fully saturated rings. The molecule has 6 heteroatoms. The van der Waals surface area contributed by atoms with Crippen LogP contribution in [0.15, 0.2) is 36.5 Å². The van der Waals surface area contributed by atoms with Gasteiger partial charge in [-0.25, -0.2) is 0 Å². The molecule has 2 nitrogen and oxygen atoms in total. The van der Waals surface area contributed by atoms with Crippen molar-refractivity contribution in [2.75, 3.05) is 13.1 Å². The smallest absolute Gasteiger partial charge is 0.373 e. The number of hydrogen-bond donors (Lipinski definition) is 0. The Morgan fingerprint density at radius 1 is 1.26 bits per heavy atom. The molecule has 0 saturated carbocycles. The van der Waals surface area contributed by atoms with Crippen LogP contribution >= 0.6 is 0 Å². The van der Waals surface area contributed by atoms with Crippen molar-refractivity contribution < 1.29 is 17.9 Å². The molecule has 0 bridgehead atoms. The van der Waals surface area contributed by atoms with Crippen molar-refractivity contribution in [3.8, 4) is 0 Å². The maximum absolute atomic E-state index is 13.2. The van der Waals surface area contributed by atoms with Crippen molar-refractivity contribution in [3.63, 3.8) is 0 Å². The molecule has 152 valence electrons. The average molecular weight is 400 g/mol. The zero-order chi connectivity index (χ0) is 20.0. The first-order valence-corrected chi connectivity index (χ1v) is 12.5. The van der Waals surface area contributed by atoms with E-state index in [1.165, 1.54) is 18.2 Å². The van der Waals surface area contributed by atoms with E-state index < -0.39 is 20.5 Å². The summed E-state index contributed by atoms with van der Waals surface area (Å²) < 4.78 is 45.4. The Balaban J connectivity index is 2.17. The number of unbranched alkanes of at least 4 members (excludes halogenated alkanes) is 1. The van der Waals surface area contributed by atoms with E-state index in [1.807, 2.05) is 19.9 Å². The molecule has 27 heavy (non-hydrogen) atoms. The highest BCUT2D eigenvalue weighted by atomic mass is 28.3. The van der Waals surface area contributed by atoms with Crippen LogP contribution in [0.3, 0.4) is 0 Å². The first-order valence-electron chi connectivity index (χ1n) is 9.90. The maximum Gasteiger partial charge on any atom is 0.416 e. The SMILES string of the molecule is C=C[SiH](C)CCCCC(c1cccc(C(F)(F)F)c1)N1CC(C)OC(C)C1. The number of morpholine rings is 1. The zero-order valence-corrected chi connectivity index (χ0v) is 17.8. The molecule has 0 aliphatic carbocycles. The number of benzene rings is 1. The number of nitrogens with zero attached hydrogens (tertiary/aromatic N) is 1. The lowest BCUT2D eigenvalue weighted by Gasteiger charge is -2.40. The summed E-state index contributed by atoms with van der Waals surface area (Å²) in [4.78, 5) is 2.31. The van der Waals surface area contributed by atoms with E-state index in [-0.39, 0.29) is 18.2 Å². The van der Waals surface area contributed by atoms with Gasteiger partial charge in [0, 0.05) is 19.1 Å². The van der Waals surface area contributed by atoms with Gasteiger partial charge in [0.25, 0.3) is 0 Å². The summed E-state index contributed by atoms with van der Waals surface area (Å²) in [5.74, 6) is 0. The summed E-state index contributed by atoms with van der Waals surface area (Å²) in [6.45, 7) is 11.7. The highest BCUT2D eigenvalue weighted by Gasteiger charge is 2.33. The second-order valence-electron chi connectivity index (χ2n) is 7.85. The van der Waals surface area contributed by atoms with Gasteiger partial charge >= 0.3 is 6.18 Å². The van der Waals surface area contributed by atoms with Gasteiger partial charge in [-0.1, -0.05) is 37.6 Å². The summed E-state index contributed by atoms with van der Waals surface area (Å²) in [6.07, 6.45) is -1.11. The third kappa shape index (κ3) is 6.77. The first kappa shape index (κ1) is 22.2. The van der Waals surface area contributed by atoms with Crippen molar-refractivity contribution in [2.24, 2.45) is 0 Å². The Morgan fingerprint density at radius 2 is 1.93 bits per heavy atom. The lowest BCUT2D eigenvalue weighted by Crippen LogP contribution is -2.47. The summed E-state index contributed by atoms with van der Waals surface area (Å²) in [6, 6.07) is 7.06. The molecular formula is C21H32F3NOSi. The van der Waals surface area contributed by atoms with Gasteiger partial charge in [-0.05, 0) is 38.0 Å². The molecule has 0 amide bonds. The minimum Gasteiger partial charge on any atom is -0.373 e. The van der Waals surface area contributed by atoms with Crippen LogP contribution in [0.2, 0.25) is 12.6 Å². The Morgan fingerprint density at radius 3 is 2.52 bits per heavy atom. The van der Waals surface area contributed by atoms with Crippen molar-refractivity contribution >= 4 is 8.80 Å². The quantitative estimate of drug-likeness (QED) is 0.416. The summed E-state index contributed by atoms with van der Waals surface area (Å²) in [7, 11) is -0.822. The van der Waals surface area contributed by atoms with Crippen molar-refractivity contribution in [3.05, 3.63) is 47.7 Å². The lowest BCUT2D eigenvalue weighted by molar-refractivity contribution is -0.137. The molecule has 1 aliphatic rings. The molecule has 1 aliphatic heterocycles. The van der Waals surface area contributed by atoms with Gasteiger partial charge in [0.05, 0.1) is 26.6 Å². The number of alkyl halides is 3. The van der Waals surface area contributed by atoms with E-state index in [0.29, 0.717) is 0 Å². The van der Waals surface area contributed by atoms with E-state index in [1.54, 1.807) is 0 Å². The molecular weight excluding hydrogens is 367 g/mol. The standard InChI is InChI=1S/C21H32F3NOSi/c1-5-27(4)12-7-6-11-20(25-14-16(2)26-17(3)15-25)18-9-8-10-19(13-18)21(22,23)24/h5,8-10,13,16-17,20,27H,1,6-7,11-12,14-15H2,2-4H3. The van der Waals surface area contributed by atoms with Crippen LogP contribution in [0.25, 0.3) is 0 Å². The van der Waals surface area contributed by atoms with Crippen LogP contribution in [-0.2, 0) is 10.9 Å². The second-order valence-corrected chi connectivity index (χ2v) is 10.9. The summed E-state index contributed by atoms with van der Waals surface area (Å²) in [5, 5.41) is 0. The number of hydrogen-bond acceptors (Lipinski definition) is 2. The second kappa shape index (κ2) is 9.89. The fraction of sp³-hybridized carbons (Fsp3) is 0.619. The molecule has 1 aromatic carbocycles. The van der Waals surface area contributed by atoms with E-state index in [2.05, 4.69) is 23.7 Å². The van der Waals surface area contributed by atoms with Gasteiger partial charge in [0.15, 0.2) is 0 Å². The predicted octanol–water partition coefficient (Wildman–Crippen LogP) is 5.61. The Bertz CT molecular complexity index is 597. The lowest BCUT2D eigenvalue weighted by atomic mass is 9.96. The summed E-state index contributed by atoms with van der Waals surface area (Å²) >= 11 is 0. The molecule has 4 atom stereocenters. The molecule has 0 N–H and O–H groups in total. The van der Waals surface area contributed by atoms with Crippen LogP contribution < -0.4 is 0 Å². The fourth-order valence-electron chi connectivity index (χ4n) is 3.88. The largest absolute Gasteiger partial charge is 0.416 e. The molecule has 1 heterocycles. The highest BCUT2D eigenvalue weighted by Crippen LogP contribution is 2.34. The topological polar surface area (TPSA) is 12.5 Å². The number of halogens is 3. The minimum atomic E-state index is -4.31. The maximum atomic E-state index is 13.2. The van der Waals surface area contributed by atoms with Crippen LogP contribution in [-0.4, -0.2) is 39.0 Å². The summed E-state index contributed by atoms with van der Waals surface area (Å²) in [5.41, 5.74) is 2.29. The van der Waals surface area contributed by atoms with Crippen LogP contribution in [0.4, 0.5) is 13.2 Å². The van der Waals surface area contributed by atoms with Gasteiger partial charge in [-0.15, -0.1) is 12.3 Å². The van der Waals surface area contributed by atoms with Gasteiger partial charge in [0.2, 0.25) is 0 Å². The van der Waals surface area contributed by atoms with E-state index in [0.717, 1.165) is 44.0 Å². The first-order chi connectivity index (χ1) is 12.7. The predicted molar refractivity (Wildman–Crippen MR) is 108 cm³/mol. The molecule has 4 unspecified atom stereocenters. The zero-order valence-electron chi connectivity index (χ0n) is 16.6. The monoisotopic (exact) mass is 399 g/mol. The fourth-order valence-corrected chi connectivity index (χ4v) is 5.04. The highest BCUT2D eigenvalue weighted by molar-refractivity contribution is 6.62. The Labute approximate surface area is 163 Å². The van der Waals surface area contributed by atoms with Gasteiger partial charge in [-0.2, -0.15) is 13.2 Å².